The summed E-state index contributed by atoms with van der Waals surface area (Å²) >= 11 is 0. The van der Waals surface area contributed by atoms with Crippen LogP contribution >= 0.6 is 0 Å². The molecule has 0 fully saturated rings. The number of rotatable bonds is 6. The van der Waals surface area contributed by atoms with Gasteiger partial charge in [0, 0.05) is 24.1 Å². The Hall–Kier alpha value is -3.73. The summed E-state index contributed by atoms with van der Waals surface area (Å²) in [6.45, 7) is 3.96. The molecule has 1 amide bonds. The smallest absolute Gasteiger partial charge is 0.227 e. The maximum absolute atomic E-state index is 12.3. The van der Waals surface area contributed by atoms with Gasteiger partial charge in [0.15, 0.2) is 0 Å². The molecule has 4 aromatic rings. The van der Waals surface area contributed by atoms with Gasteiger partial charge in [-0.3, -0.25) is 4.79 Å². The first-order valence-electron chi connectivity index (χ1n) is 9.94. The summed E-state index contributed by atoms with van der Waals surface area (Å²) in [5, 5.41) is 7.04. The van der Waals surface area contributed by atoms with Gasteiger partial charge in [0.1, 0.15) is 0 Å². The fourth-order valence-electron chi connectivity index (χ4n) is 3.35. The third-order valence-corrected chi connectivity index (χ3v) is 5.03. The Kier molecular flexibility index (Phi) is 5.70. The largest absolute Gasteiger partial charge is 0.339 e. The predicted molar refractivity (Wildman–Crippen MR) is 118 cm³/mol. The van der Waals surface area contributed by atoms with E-state index in [1.807, 2.05) is 74.5 Å². The van der Waals surface area contributed by atoms with Crippen molar-refractivity contribution in [1.29, 1.82) is 0 Å². The molecule has 4 rings (SSSR count). The molecule has 3 aromatic carbocycles. The molecule has 0 bridgehead atoms. The highest BCUT2D eigenvalue weighted by atomic mass is 16.5. The Morgan fingerprint density at radius 1 is 0.833 bits per heavy atom. The number of amides is 1. The summed E-state index contributed by atoms with van der Waals surface area (Å²) in [4.78, 5) is 16.8. The van der Waals surface area contributed by atoms with E-state index in [2.05, 4.69) is 27.6 Å². The van der Waals surface area contributed by atoms with Crippen molar-refractivity contribution in [1.82, 2.24) is 10.1 Å². The lowest BCUT2D eigenvalue weighted by Gasteiger charge is -2.10. The number of aromatic nitrogens is 2. The molecule has 0 radical (unpaired) electrons. The quantitative estimate of drug-likeness (QED) is 0.460. The van der Waals surface area contributed by atoms with Gasteiger partial charge >= 0.3 is 0 Å². The molecule has 30 heavy (non-hydrogen) atoms. The second kappa shape index (κ2) is 8.74. The summed E-state index contributed by atoms with van der Waals surface area (Å²) in [6, 6.07) is 24.2. The number of hydrogen-bond donors (Lipinski definition) is 1. The van der Waals surface area contributed by atoms with Crippen molar-refractivity contribution in [3.63, 3.8) is 0 Å². The van der Waals surface area contributed by atoms with Gasteiger partial charge in [0.2, 0.25) is 17.6 Å². The number of anilines is 1. The third kappa shape index (κ3) is 4.46. The van der Waals surface area contributed by atoms with Crippen LogP contribution in [0.25, 0.3) is 22.5 Å². The van der Waals surface area contributed by atoms with E-state index in [9.17, 15) is 4.79 Å². The minimum absolute atomic E-state index is 0.0700. The van der Waals surface area contributed by atoms with E-state index in [4.69, 9.17) is 4.52 Å². The van der Waals surface area contributed by atoms with E-state index in [-0.39, 0.29) is 12.3 Å². The summed E-state index contributed by atoms with van der Waals surface area (Å²) in [5.41, 5.74) is 6.13. The van der Waals surface area contributed by atoms with Gasteiger partial charge in [-0.2, -0.15) is 4.98 Å². The monoisotopic (exact) mass is 397 g/mol. The van der Waals surface area contributed by atoms with E-state index < -0.39 is 0 Å². The zero-order valence-electron chi connectivity index (χ0n) is 17.1. The molecule has 1 N–H and O–H groups in total. The van der Waals surface area contributed by atoms with Crippen molar-refractivity contribution in [3.05, 3.63) is 89.8 Å². The van der Waals surface area contributed by atoms with Crippen LogP contribution in [0.5, 0.6) is 0 Å². The molecule has 150 valence electrons. The van der Waals surface area contributed by atoms with E-state index in [0.717, 1.165) is 33.5 Å². The van der Waals surface area contributed by atoms with Crippen molar-refractivity contribution in [2.45, 2.75) is 26.7 Å². The molecule has 0 spiro atoms. The van der Waals surface area contributed by atoms with Crippen LogP contribution in [0.3, 0.4) is 0 Å². The number of hydrogen-bond acceptors (Lipinski definition) is 4. The van der Waals surface area contributed by atoms with Crippen LogP contribution in [-0.2, 0) is 11.2 Å². The highest BCUT2D eigenvalue weighted by Gasteiger charge is 2.12. The molecule has 0 saturated carbocycles. The first-order valence-corrected chi connectivity index (χ1v) is 9.94. The lowest BCUT2D eigenvalue weighted by molar-refractivity contribution is -0.116. The average Bonchev–Trinajstić information content (AvgIpc) is 3.25. The molecule has 0 unspecified atom stereocenters. The van der Waals surface area contributed by atoms with Gasteiger partial charge in [0.05, 0.1) is 0 Å². The molecular weight excluding hydrogens is 374 g/mol. The highest BCUT2D eigenvalue weighted by Crippen LogP contribution is 2.24. The van der Waals surface area contributed by atoms with Crippen LogP contribution in [0, 0.1) is 13.8 Å². The lowest BCUT2D eigenvalue weighted by Crippen LogP contribution is -2.14. The van der Waals surface area contributed by atoms with Crippen LogP contribution in [0.15, 0.2) is 77.3 Å². The molecule has 0 atom stereocenters. The van der Waals surface area contributed by atoms with Gasteiger partial charge in [-0.15, -0.1) is 0 Å². The summed E-state index contributed by atoms with van der Waals surface area (Å²) in [7, 11) is 0. The Bertz CT molecular complexity index is 1130. The standard InChI is InChI=1S/C25H23N3O2/c1-17-7-6-8-18(2)24(17)26-22(29)15-16-23-27-25(28-30-23)21-13-11-20(12-14-21)19-9-4-3-5-10-19/h3-14H,15-16H2,1-2H3,(H,26,29). The van der Waals surface area contributed by atoms with Crippen LogP contribution in [-0.4, -0.2) is 16.0 Å². The average molecular weight is 397 g/mol. The zero-order chi connectivity index (χ0) is 20.9. The molecular formula is C25H23N3O2. The van der Waals surface area contributed by atoms with Gasteiger partial charge in [0.25, 0.3) is 0 Å². The third-order valence-electron chi connectivity index (χ3n) is 5.03. The van der Waals surface area contributed by atoms with Crippen molar-refractivity contribution < 1.29 is 9.32 Å². The molecule has 0 saturated heterocycles. The molecule has 1 heterocycles. The van der Waals surface area contributed by atoms with Crippen LogP contribution in [0.2, 0.25) is 0 Å². The maximum Gasteiger partial charge on any atom is 0.227 e. The molecule has 1 aromatic heterocycles. The number of benzene rings is 3. The number of aryl methyl sites for hydroxylation is 3. The maximum atomic E-state index is 12.3. The van der Waals surface area contributed by atoms with Crippen molar-refractivity contribution in [2.75, 3.05) is 5.32 Å². The van der Waals surface area contributed by atoms with Crippen molar-refractivity contribution in [3.8, 4) is 22.5 Å². The molecule has 0 aliphatic carbocycles. The van der Waals surface area contributed by atoms with Crippen LogP contribution < -0.4 is 5.32 Å². The summed E-state index contributed by atoms with van der Waals surface area (Å²) < 4.78 is 5.34. The Labute approximate surface area is 175 Å². The summed E-state index contributed by atoms with van der Waals surface area (Å²) in [6.07, 6.45) is 0.675. The number of para-hydroxylation sites is 1. The number of carbonyl (C=O) groups excluding carboxylic acids is 1. The van der Waals surface area contributed by atoms with E-state index in [1.165, 1.54) is 0 Å². The molecule has 5 nitrogen and oxygen atoms in total. The Morgan fingerprint density at radius 3 is 2.17 bits per heavy atom. The first-order chi connectivity index (χ1) is 14.6. The second-order valence-electron chi connectivity index (χ2n) is 7.27. The zero-order valence-corrected chi connectivity index (χ0v) is 17.1. The topological polar surface area (TPSA) is 68.0 Å². The highest BCUT2D eigenvalue weighted by molar-refractivity contribution is 5.92. The Balaban J connectivity index is 1.38. The van der Waals surface area contributed by atoms with E-state index in [1.54, 1.807) is 0 Å². The van der Waals surface area contributed by atoms with E-state index in [0.29, 0.717) is 18.1 Å². The SMILES string of the molecule is Cc1cccc(C)c1NC(=O)CCc1nc(-c2ccc(-c3ccccc3)cc2)no1. The first kappa shape index (κ1) is 19.6. The van der Waals surface area contributed by atoms with Gasteiger partial charge in [-0.25, -0.2) is 0 Å². The molecule has 5 heteroatoms. The predicted octanol–water partition coefficient (Wildman–Crippen LogP) is 5.59. The Morgan fingerprint density at radius 2 is 1.47 bits per heavy atom. The number of nitrogens with one attached hydrogen (secondary N) is 1. The van der Waals surface area contributed by atoms with Gasteiger partial charge < -0.3 is 9.84 Å². The fraction of sp³-hybridized carbons (Fsp3) is 0.160. The number of nitrogens with zero attached hydrogens (tertiary/aromatic N) is 2. The minimum atomic E-state index is -0.0700. The minimum Gasteiger partial charge on any atom is -0.339 e. The van der Waals surface area contributed by atoms with Crippen molar-refractivity contribution >= 4 is 11.6 Å². The van der Waals surface area contributed by atoms with Crippen molar-refractivity contribution in [2.24, 2.45) is 0 Å². The van der Waals surface area contributed by atoms with Crippen LogP contribution in [0.4, 0.5) is 5.69 Å². The molecule has 0 aliphatic heterocycles. The van der Waals surface area contributed by atoms with Crippen LogP contribution in [0.1, 0.15) is 23.4 Å². The summed E-state index contributed by atoms with van der Waals surface area (Å²) in [5.74, 6) is 0.910. The normalized spacial score (nSPS) is 10.7. The lowest BCUT2D eigenvalue weighted by atomic mass is 10.0. The number of carbonyl (C=O) groups is 1. The van der Waals surface area contributed by atoms with E-state index >= 15 is 0 Å². The molecule has 0 aliphatic rings. The van der Waals surface area contributed by atoms with Gasteiger partial charge in [-0.1, -0.05) is 78.0 Å². The van der Waals surface area contributed by atoms with Gasteiger partial charge in [-0.05, 0) is 36.1 Å². The second-order valence-corrected chi connectivity index (χ2v) is 7.27. The fourth-order valence-corrected chi connectivity index (χ4v) is 3.35.